The highest BCUT2D eigenvalue weighted by Crippen LogP contribution is 2.05. The molecular formula is C14H24IN3O. The summed E-state index contributed by atoms with van der Waals surface area (Å²) in [6, 6.07) is 8.35. The van der Waals surface area contributed by atoms with Crippen LogP contribution in [0.1, 0.15) is 17.5 Å². The highest BCUT2D eigenvalue weighted by Gasteiger charge is 1.99. The third kappa shape index (κ3) is 7.37. The first-order valence-corrected chi connectivity index (χ1v) is 6.26. The Balaban J connectivity index is 0.00000324. The van der Waals surface area contributed by atoms with Crippen molar-refractivity contribution in [3.63, 3.8) is 0 Å². The van der Waals surface area contributed by atoms with E-state index in [4.69, 9.17) is 4.74 Å². The molecule has 0 unspecified atom stereocenters. The van der Waals surface area contributed by atoms with Crippen molar-refractivity contribution in [1.82, 2.24) is 10.6 Å². The van der Waals surface area contributed by atoms with E-state index in [-0.39, 0.29) is 24.0 Å². The summed E-state index contributed by atoms with van der Waals surface area (Å²) in [5.41, 5.74) is 2.58. The van der Waals surface area contributed by atoms with Gasteiger partial charge >= 0.3 is 0 Å². The Bertz CT molecular complexity index is 383. The molecule has 4 nitrogen and oxygen atoms in total. The molecule has 0 fully saturated rings. The van der Waals surface area contributed by atoms with Gasteiger partial charge in [0.2, 0.25) is 0 Å². The minimum Gasteiger partial charge on any atom is -0.385 e. The van der Waals surface area contributed by atoms with Crippen LogP contribution in [0.15, 0.2) is 29.3 Å². The number of hydrogen-bond acceptors (Lipinski definition) is 2. The molecule has 0 atom stereocenters. The molecular weight excluding hydrogens is 353 g/mol. The Morgan fingerprint density at radius 3 is 2.63 bits per heavy atom. The van der Waals surface area contributed by atoms with Crippen LogP contribution in [0, 0.1) is 6.92 Å². The molecule has 1 rings (SSSR count). The lowest BCUT2D eigenvalue weighted by atomic mass is 10.1. The van der Waals surface area contributed by atoms with Crippen LogP contribution < -0.4 is 10.6 Å². The first-order chi connectivity index (χ1) is 8.77. The van der Waals surface area contributed by atoms with Crippen LogP contribution in [-0.2, 0) is 11.3 Å². The molecule has 19 heavy (non-hydrogen) atoms. The van der Waals surface area contributed by atoms with E-state index < -0.39 is 0 Å². The van der Waals surface area contributed by atoms with Crippen molar-refractivity contribution in [2.45, 2.75) is 19.9 Å². The minimum absolute atomic E-state index is 0. The number of hydrogen-bond donors (Lipinski definition) is 2. The molecule has 0 spiro atoms. The van der Waals surface area contributed by atoms with Gasteiger partial charge in [-0.25, -0.2) is 0 Å². The number of rotatable bonds is 6. The summed E-state index contributed by atoms with van der Waals surface area (Å²) in [5.74, 6) is 0.828. The van der Waals surface area contributed by atoms with Crippen LogP contribution in [0.4, 0.5) is 0 Å². The van der Waals surface area contributed by atoms with Crippen molar-refractivity contribution in [3.05, 3.63) is 35.4 Å². The zero-order chi connectivity index (χ0) is 13.2. The average Bonchev–Trinajstić information content (AvgIpc) is 2.40. The van der Waals surface area contributed by atoms with Gasteiger partial charge in [0.25, 0.3) is 0 Å². The van der Waals surface area contributed by atoms with Crippen LogP contribution in [0.5, 0.6) is 0 Å². The SMILES string of the molecule is CN=C(NCCCOC)NCc1ccccc1C.I. The molecule has 2 N–H and O–H groups in total. The summed E-state index contributed by atoms with van der Waals surface area (Å²) in [6.45, 7) is 4.53. The minimum atomic E-state index is 0. The van der Waals surface area contributed by atoms with Crippen molar-refractivity contribution < 1.29 is 4.74 Å². The predicted octanol–water partition coefficient (Wildman–Crippen LogP) is 2.31. The van der Waals surface area contributed by atoms with E-state index in [0.717, 1.165) is 32.1 Å². The van der Waals surface area contributed by atoms with Gasteiger partial charge in [0, 0.05) is 33.9 Å². The standard InChI is InChI=1S/C14H23N3O.HI/c1-12-7-4-5-8-13(12)11-17-14(15-2)16-9-6-10-18-3;/h4-5,7-8H,6,9-11H2,1-3H3,(H2,15,16,17);1H. The van der Waals surface area contributed by atoms with E-state index in [0.29, 0.717) is 0 Å². The Morgan fingerprint density at radius 1 is 1.26 bits per heavy atom. The summed E-state index contributed by atoms with van der Waals surface area (Å²) >= 11 is 0. The second-order valence-corrected chi connectivity index (χ2v) is 4.13. The zero-order valence-corrected chi connectivity index (χ0v) is 14.2. The molecule has 108 valence electrons. The molecule has 0 saturated heterocycles. The molecule has 1 aromatic carbocycles. The number of benzene rings is 1. The van der Waals surface area contributed by atoms with Crippen LogP contribution in [0.2, 0.25) is 0 Å². The summed E-state index contributed by atoms with van der Waals surface area (Å²) < 4.78 is 5.00. The fourth-order valence-corrected chi connectivity index (χ4v) is 1.63. The molecule has 0 heterocycles. The second-order valence-electron chi connectivity index (χ2n) is 4.13. The Labute approximate surface area is 133 Å². The molecule has 0 amide bonds. The lowest BCUT2D eigenvalue weighted by Gasteiger charge is -2.12. The van der Waals surface area contributed by atoms with Crippen LogP contribution >= 0.6 is 24.0 Å². The smallest absolute Gasteiger partial charge is 0.191 e. The van der Waals surface area contributed by atoms with E-state index in [2.05, 4.69) is 46.8 Å². The largest absolute Gasteiger partial charge is 0.385 e. The van der Waals surface area contributed by atoms with Crippen LogP contribution in [-0.4, -0.2) is 33.3 Å². The Hall–Kier alpha value is -0.820. The number of guanidine groups is 1. The maximum Gasteiger partial charge on any atom is 0.191 e. The zero-order valence-electron chi connectivity index (χ0n) is 11.9. The molecule has 0 aliphatic rings. The topological polar surface area (TPSA) is 45.7 Å². The third-order valence-corrected chi connectivity index (χ3v) is 2.75. The van der Waals surface area contributed by atoms with E-state index >= 15 is 0 Å². The predicted molar refractivity (Wildman–Crippen MR) is 91.3 cm³/mol. The number of nitrogens with zero attached hydrogens (tertiary/aromatic N) is 1. The van der Waals surface area contributed by atoms with Gasteiger partial charge in [-0.15, -0.1) is 24.0 Å². The van der Waals surface area contributed by atoms with Crippen molar-refractivity contribution in [1.29, 1.82) is 0 Å². The van der Waals surface area contributed by atoms with Crippen molar-refractivity contribution in [2.75, 3.05) is 27.3 Å². The van der Waals surface area contributed by atoms with Gasteiger partial charge in [-0.2, -0.15) is 0 Å². The molecule has 0 aliphatic heterocycles. The molecule has 0 saturated carbocycles. The first kappa shape index (κ1) is 18.2. The highest BCUT2D eigenvalue weighted by molar-refractivity contribution is 14.0. The normalized spacial score (nSPS) is 10.8. The number of nitrogens with one attached hydrogen (secondary N) is 2. The average molecular weight is 377 g/mol. The van der Waals surface area contributed by atoms with E-state index in [1.807, 2.05) is 0 Å². The van der Waals surface area contributed by atoms with E-state index in [1.165, 1.54) is 11.1 Å². The summed E-state index contributed by atoms with van der Waals surface area (Å²) in [4.78, 5) is 4.18. The van der Waals surface area contributed by atoms with E-state index in [1.54, 1.807) is 14.2 Å². The number of halogens is 1. The molecule has 1 aromatic rings. The first-order valence-electron chi connectivity index (χ1n) is 6.26. The van der Waals surface area contributed by atoms with Gasteiger partial charge in [0.1, 0.15) is 0 Å². The van der Waals surface area contributed by atoms with Crippen LogP contribution in [0.3, 0.4) is 0 Å². The molecule has 5 heteroatoms. The van der Waals surface area contributed by atoms with Gasteiger partial charge in [0.15, 0.2) is 5.96 Å². The molecule has 0 aromatic heterocycles. The fourth-order valence-electron chi connectivity index (χ4n) is 1.63. The van der Waals surface area contributed by atoms with Gasteiger partial charge in [-0.1, -0.05) is 24.3 Å². The maximum absolute atomic E-state index is 5.00. The maximum atomic E-state index is 5.00. The second kappa shape index (κ2) is 11.0. The Morgan fingerprint density at radius 2 is 2.00 bits per heavy atom. The van der Waals surface area contributed by atoms with Gasteiger partial charge in [0.05, 0.1) is 0 Å². The molecule has 0 aliphatic carbocycles. The van der Waals surface area contributed by atoms with E-state index in [9.17, 15) is 0 Å². The number of aryl methyl sites for hydroxylation is 1. The monoisotopic (exact) mass is 377 g/mol. The van der Waals surface area contributed by atoms with Crippen LogP contribution in [0.25, 0.3) is 0 Å². The quantitative estimate of drug-likeness (QED) is 0.346. The summed E-state index contributed by atoms with van der Waals surface area (Å²) in [5, 5.41) is 6.55. The van der Waals surface area contributed by atoms with Crippen molar-refractivity contribution >= 4 is 29.9 Å². The number of aliphatic imine (C=N–C) groups is 1. The summed E-state index contributed by atoms with van der Waals surface area (Å²) in [7, 11) is 3.49. The fraction of sp³-hybridized carbons (Fsp3) is 0.500. The van der Waals surface area contributed by atoms with Gasteiger partial charge in [-0.3, -0.25) is 4.99 Å². The lowest BCUT2D eigenvalue weighted by molar-refractivity contribution is 0.195. The third-order valence-electron chi connectivity index (χ3n) is 2.75. The van der Waals surface area contributed by atoms with Gasteiger partial charge < -0.3 is 15.4 Å². The van der Waals surface area contributed by atoms with Gasteiger partial charge in [-0.05, 0) is 24.5 Å². The molecule has 0 bridgehead atoms. The summed E-state index contributed by atoms with van der Waals surface area (Å²) in [6.07, 6.45) is 0.974. The Kier molecular flexibility index (Phi) is 10.6. The highest BCUT2D eigenvalue weighted by atomic mass is 127. The van der Waals surface area contributed by atoms with Crippen molar-refractivity contribution in [3.8, 4) is 0 Å². The number of methoxy groups -OCH3 is 1. The number of ether oxygens (including phenoxy) is 1. The van der Waals surface area contributed by atoms with Crippen molar-refractivity contribution in [2.24, 2.45) is 4.99 Å². The molecule has 0 radical (unpaired) electrons. The lowest BCUT2D eigenvalue weighted by Crippen LogP contribution is -2.37.